The first-order chi connectivity index (χ1) is 20.4. The number of aryl methyl sites for hydroxylation is 1. The van der Waals surface area contributed by atoms with E-state index in [1.54, 1.807) is 6.92 Å². The van der Waals surface area contributed by atoms with Gasteiger partial charge < -0.3 is 34.5 Å². The molecule has 3 aromatic rings. The summed E-state index contributed by atoms with van der Waals surface area (Å²) < 4.78 is 55.8. The van der Waals surface area contributed by atoms with Crippen molar-refractivity contribution in [1.29, 1.82) is 0 Å². The van der Waals surface area contributed by atoms with Crippen LogP contribution in [0.25, 0.3) is 21.6 Å². The van der Waals surface area contributed by atoms with E-state index in [1.807, 2.05) is 0 Å². The maximum absolute atomic E-state index is 13.3. The van der Waals surface area contributed by atoms with E-state index >= 15 is 0 Å². The van der Waals surface area contributed by atoms with Gasteiger partial charge in [-0.05, 0) is 41.3 Å². The molecule has 16 nitrogen and oxygen atoms in total. The van der Waals surface area contributed by atoms with E-state index < -0.39 is 68.0 Å². The van der Waals surface area contributed by atoms with Crippen LogP contribution in [0.5, 0.6) is 0 Å². The van der Waals surface area contributed by atoms with Crippen LogP contribution in [0, 0.1) is 18.6 Å². The van der Waals surface area contributed by atoms with Gasteiger partial charge in [-0.2, -0.15) is 0 Å². The number of aliphatic hydroxyl groups excluding tert-OH is 1. The molecule has 0 unspecified atom stereocenters. The van der Waals surface area contributed by atoms with Crippen molar-refractivity contribution in [2.24, 2.45) is 5.11 Å². The lowest BCUT2D eigenvalue weighted by atomic mass is 10.0. The number of aliphatic hydroxyl groups is 2. The summed E-state index contributed by atoms with van der Waals surface area (Å²) in [5.41, 5.74) is 8.27. The van der Waals surface area contributed by atoms with E-state index in [0.29, 0.717) is 11.1 Å². The van der Waals surface area contributed by atoms with Crippen molar-refractivity contribution in [2.45, 2.75) is 43.2 Å². The fourth-order valence-electron chi connectivity index (χ4n) is 4.22. The Labute approximate surface area is 246 Å². The number of aromatic nitrogens is 2. The Morgan fingerprint density at radius 1 is 1.09 bits per heavy atom. The highest BCUT2D eigenvalue weighted by molar-refractivity contribution is 7.72. The summed E-state index contributed by atoms with van der Waals surface area (Å²) in [6.45, 7) is 1.26. The van der Waals surface area contributed by atoms with Crippen LogP contribution >= 0.6 is 15.2 Å². The fraction of sp³-hybridized carbons (Fsp3) is 0.333. The Morgan fingerprint density at radius 2 is 1.73 bits per heavy atom. The molecule has 0 aliphatic carbocycles. The molecule has 0 amide bonds. The predicted octanol–water partition coefficient (Wildman–Crippen LogP) is 1.98. The van der Waals surface area contributed by atoms with Gasteiger partial charge >= 0.3 is 20.9 Å². The SMILES string of the molecule is Cc1cn([C@H]2C[C@H](N=[N+]=[N-])[C@@H](CO)O2)c(=O)[nH]c1=O.O=P(O)(O)C(O)(Cc1cccc(-c2ccc(F)c(F)c2)c1)P(=O)(O)O. The lowest BCUT2D eigenvalue weighted by molar-refractivity contribution is -0.0271. The van der Waals surface area contributed by atoms with Crippen LogP contribution < -0.4 is 11.2 Å². The highest BCUT2D eigenvalue weighted by Gasteiger charge is 2.59. The first-order valence-corrected chi connectivity index (χ1v) is 15.6. The van der Waals surface area contributed by atoms with Gasteiger partial charge in [0, 0.05) is 29.5 Å². The summed E-state index contributed by atoms with van der Waals surface area (Å²) in [5, 5.41) is 19.0. The summed E-state index contributed by atoms with van der Waals surface area (Å²) >= 11 is 0. The second-order valence-corrected chi connectivity index (χ2v) is 13.7. The zero-order valence-corrected chi connectivity index (χ0v) is 24.4. The second-order valence-electron chi connectivity index (χ2n) is 9.67. The summed E-state index contributed by atoms with van der Waals surface area (Å²) in [6.07, 6.45) is -0.714. The maximum Gasteiger partial charge on any atom is 0.369 e. The quantitative estimate of drug-likeness (QED) is 0.0794. The molecular weight excluding hydrogens is 634 g/mol. The third-order valence-corrected chi connectivity index (χ3v) is 10.3. The lowest BCUT2D eigenvalue weighted by Crippen LogP contribution is -2.33. The van der Waals surface area contributed by atoms with Gasteiger partial charge in [0.15, 0.2) is 11.6 Å². The Bertz CT molecular complexity index is 1760. The van der Waals surface area contributed by atoms with E-state index in [-0.39, 0.29) is 24.2 Å². The molecule has 1 aromatic heterocycles. The van der Waals surface area contributed by atoms with Gasteiger partial charge in [-0.1, -0.05) is 35.4 Å². The third kappa shape index (κ3) is 7.75. The van der Waals surface area contributed by atoms with Crippen molar-refractivity contribution in [3.05, 3.63) is 103 Å². The standard InChI is InChI=1S/C14H14F2O7P2.C10H13N5O4/c15-12-5-4-11(7-13(12)16)10-3-1-2-9(6-10)8-14(17,24(18,19)20)25(21,22)23;1-5-3-15(10(18)12-9(5)17)8-2-6(13-14-11)7(4-16)19-8/h1-7,17H,8H2,(H2,18,19,20)(H2,21,22,23);3,6-8,16H,2,4H2,1H3,(H,12,17,18)/t;6-,7+,8+/m.0/s1. The van der Waals surface area contributed by atoms with Crippen LogP contribution in [0.2, 0.25) is 0 Å². The minimum Gasteiger partial charge on any atom is -0.394 e. The predicted molar refractivity (Wildman–Crippen MR) is 149 cm³/mol. The molecule has 0 bridgehead atoms. The van der Waals surface area contributed by atoms with Gasteiger partial charge in [-0.25, -0.2) is 13.6 Å². The first kappa shape index (κ1) is 35.0. The molecule has 44 heavy (non-hydrogen) atoms. The van der Waals surface area contributed by atoms with Crippen LogP contribution in [-0.2, 0) is 20.3 Å². The molecule has 7 N–H and O–H groups in total. The Hall–Kier alpha value is -3.53. The number of benzene rings is 2. The summed E-state index contributed by atoms with van der Waals surface area (Å²) in [7, 11) is -11.2. The number of ether oxygens (including phenoxy) is 1. The van der Waals surface area contributed by atoms with E-state index in [1.165, 1.54) is 41.1 Å². The molecule has 20 heteroatoms. The van der Waals surface area contributed by atoms with E-state index in [2.05, 4.69) is 15.0 Å². The molecule has 0 radical (unpaired) electrons. The largest absolute Gasteiger partial charge is 0.394 e. The minimum atomic E-state index is -5.59. The number of hydrogen-bond acceptors (Lipinski definition) is 8. The number of H-pyrrole nitrogens is 1. The second kappa shape index (κ2) is 13.6. The van der Waals surface area contributed by atoms with Gasteiger partial charge in [-0.15, -0.1) is 0 Å². The van der Waals surface area contributed by atoms with Gasteiger partial charge in [0.1, 0.15) is 6.23 Å². The molecule has 1 aliphatic rings. The molecule has 1 aliphatic heterocycles. The maximum atomic E-state index is 13.3. The van der Waals surface area contributed by atoms with Gasteiger partial charge in [0.2, 0.25) is 0 Å². The molecule has 2 heterocycles. The average molecular weight is 661 g/mol. The topological polar surface area (TPSA) is 268 Å². The number of nitrogens with one attached hydrogen (secondary N) is 1. The zero-order chi connectivity index (χ0) is 33.0. The Morgan fingerprint density at radius 3 is 2.30 bits per heavy atom. The summed E-state index contributed by atoms with van der Waals surface area (Å²) in [6, 6.07) is 7.89. The van der Waals surface area contributed by atoms with Crippen LogP contribution in [0.15, 0.2) is 63.4 Å². The highest BCUT2D eigenvalue weighted by Crippen LogP contribution is 2.68. The number of nitrogens with zero attached hydrogens (tertiary/aromatic N) is 4. The molecule has 238 valence electrons. The Balaban J connectivity index is 0.000000249. The molecule has 3 atom stereocenters. The van der Waals surface area contributed by atoms with Gasteiger partial charge in [0.25, 0.3) is 10.6 Å². The molecule has 2 aromatic carbocycles. The minimum absolute atomic E-state index is 0.0172. The van der Waals surface area contributed by atoms with Crippen LogP contribution in [0.3, 0.4) is 0 Å². The normalized spacial score (nSPS) is 18.7. The van der Waals surface area contributed by atoms with Crippen molar-refractivity contribution in [2.75, 3.05) is 6.61 Å². The van der Waals surface area contributed by atoms with Crippen molar-refractivity contribution in [1.82, 2.24) is 9.55 Å². The van der Waals surface area contributed by atoms with E-state index in [4.69, 9.17) is 34.9 Å². The molecule has 0 spiro atoms. The number of aromatic amines is 1. The fourth-order valence-corrected chi connectivity index (χ4v) is 6.36. The van der Waals surface area contributed by atoms with Crippen molar-refractivity contribution in [3.8, 4) is 11.1 Å². The summed E-state index contributed by atoms with van der Waals surface area (Å²) in [5.74, 6) is -2.16. The average Bonchev–Trinajstić information content (AvgIpc) is 3.34. The molecule has 0 saturated carbocycles. The van der Waals surface area contributed by atoms with Gasteiger partial charge in [0.05, 0.1) is 18.8 Å². The first-order valence-electron chi connectivity index (χ1n) is 12.4. The molecule has 4 rings (SSSR count). The van der Waals surface area contributed by atoms with Crippen LogP contribution in [0.4, 0.5) is 8.78 Å². The van der Waals surface area contributed by atoms with Crippen LogP contribution in [0.1, 0.15) is 23.8 Å². The lowest BCUT2D eigenvalue weighted by Gasteiger charge is -2.29. The molecular formula is C24H27F2N5O11P2. The smallest absolute Gasteiger partial charge is 0.369 e. The number of azide groups is 1. The van der Waals surface area contributed by atoms with Gasteiger partial charge in [-0.3, -0.25) is 23.5 Å². The summed E-state index contributed by atoms with van der Waals surface area (Å²) in [4.78, 5) is 64.5. The van der Waals surface area contributed by atoms with Crippen molar-refractivity contribution in [3.63, 3.8) is 0 Å². The van der Waals surface area contributed by atoms with E-state index in [0.717, 1.165) is 12.1 Å². The highest BCUT2D eigenvalue weighted by atomic mass is 31.2. The number of hydrogen-bond donors (Lipinski definition) is 7. The van der Waals surface area contributed by atoms with E-state index in [9.17, 15) is 32.6 Å². The van der Waals surface area contributed by atoms with Crippen molar-refractivity contribution < 1.29 is 52.4 Å². The molecule has 1 fully saturated rings. The van der Waals surface area contributed by atoms with Crippen LogP contribution in [-0.4, -0.2) is 63.2 Å². The Kier molecular flexibility index (Phi) is 10.8. The van der Waals surface area contributed by atoms with Crippen molar-refractivity contribution >= 4 is 15.2 Å². The zero-order valence-electron chi connectivity index (χ0n) is 22.6. The number of halogens is 2. The molecule has 1 saturated heterocycles. The third-order valence-electron chi connectivity index (χ3n) is 6.59. The monoisotopic (exact) mass is 661 g/mol. The number of rotatable bonds is 8.